The number of rotatable bonds is 4. The van der Waals surface area contributed by atoms with E-state index in [4.69, 9.17) is 4.42 Å². The molecule has 2 aromatic heterocycles. The Kier molecular flexibility index (Phi) is 4.58. The Hall–Kier alpha value is -3.22. The molecule has 0 saturated carbocycles. The molecule has 0 fully saturated rings. The van der Waals surface area contributed by atoms with Gasteiger partial charge in [-0.15, -0.1) is 0 Å². The number of fused-ring (bicyclic) bond motifs is 2. The van der Waals surface area contributed by atoms with Crippen molar-refractivity contribution in [1.82, 2.24) is 15.1 Å². The Morgan fingerprint density at radius 1 is 1.15 bits per heavy atom. The summed E-state index contributed by atoms with van der Waals surface area (Å²) in [5, 5.41) is 7.52. The van der Waals surface area contributed by atoms with Crippen molar-refractivity contribution in [2.75, 3.05) is 6.54 Å². The Balaban J connectivity index is 1.46. The van der Waals surface area contributed by atoms with Crippen molar-refractivity contribution < 1.29 is 9.21 Å². The maximum Gasteiger partial charge on any atom is 0.287 e. The Bertz CT molecular complexity index is 1130. The zero-order valence-corrected chi connectivity index (χ0v) is 14.7. The third-order valence-electron chi connectivity index (χ3n) is 4.74. The lowest BCUT2D eigenvalue weighted by molar-refractivity contribution is 0.0924. The molecule has 27 heavy (non-hydrogen) atoms. The fraction of sp³-hybridized carbons (Fsp3) is 0.300. The molecule has 0 bridgehead atoms. The molecule has 0 atom stereocenters. The number of aryl methyl sites for hydroxylation is 2. The number of nitrogens with zero attached hydrogens (tertiary/aromatic N) is 2. The molecule has 7 heteroatoms. The summed E-state index contributed by atoms with van der Waals surface area (Å²) < 4.78 is 6.89. The molecular weight excluding hydrogens is 346 g/mol. The highest BCUT2D eigenvalue weighted by molar-refractivity contribution is 5.93. The molecule has 1 aliphatic rings. The summed E-state index contributed by atoms with van der Waals surface area (Å²) in [6.45, 7) is 0.469. The van der Waals surface area contributed by atoms with Crippen molar-refractivity contribution >= 4 is 16.9 Å². The van der Waals surface area contributed by atoms with Crippen molar-refractivity contribution in [2.24, 2.45) is 0 Å². The van der Waals surface area contributed by atoms with Crippen LogP contribution >= 0.6 is 0 Å². The average molecular weight is 365 g/mol. The molecule has 138 valence electrons. The van der Waals surface area contributed by atoms with Gasteiger partial charge in [-0.2, -0.15) is 5.10 Å². The third kappa shape index (κ3) is 3.53. The fourth-order valence-corrected chi connectivity index (χ4v) is 3.34. The topological polar surface area (TPSA) is 94.2 Å². The molecule has 2 heterocycles. The molecule has 4 rings (SSSR count). The molecule has 1 N–H and O–H groups in total. The Morgan fingerprint density at radius 3 is 2.85 bits per heavy atom. The normalized spacial score (nSPS) is 13.3. The SMILES string of the molecule is O=C(NCCn1nc2c(cc1=O)CCCC2)c1cc(=O)c2ccccc2o1. The first-order valence-electron chi connectivity index (χ1n) is 9.03. The van der Waals surface area contributed by atoms with Gasteiger partial charge < -0.3 is 9.73 Å². The van der Waals surface area contributed by atoms with Gasteiger partial charge >= 0.3 is 0 Å². The standard InChI is InChI=1S/C20H19N3O4/c24-16-12-18(27-17-8-4-2-6-14(16)17)20(26)21-9-10-23-19(25)11-13-5-1-3-7-15(13)22-23/h2,4,6,8,11-12H,1,3,5,7,9-10H2,(H,21,26). The Labute approximate surface area is 154 Å². The summed E-state index contributed by atoms with van der Waals surface area (Å²) in [4.78, 5) is 36.5. The highest BCUT2D eigenvalue weighted by Crippen LogP contribution is 2.16. The quantitative estimate of drug-likeness (QED) is 0.759. The van der Waals surface area contributed by atoms with Gasteiger partial charge in [-0.05, 0) is 43.4 Å². The van der Waals surface area contributed by atoms with Gasteiger partial charge in [-0.3, -0.25) is 14.4 Å². The average Bonchev–Trinajstić information content (AvgIpc) is 2.68. The molecule has 0 aliphatic heterocycles. The van der Waals surface area contributed by atoms with Crippen LogP contribution in [0.5, 0.6) is 0 Å². The predicted molar refractivity (Wildman–Crippen MR) is 100.0 cm³/mol. The van der Waals surface area contributed by atoms with E-state index >= 15 is 0 Å². The van der Waals surface area contributed by atoms with Crippen molar-refractivity contribution in [3.8, 4) is 0 Å². The van der Waals surface area contributed by atoms with Crippen molar-refractivity contribution in [1.29, 1.82) is 0 Å². The predicted octanol–water partition coefficient (Wildman–Crippen LogP) is 1.66. The minimum Gasteiger partial charge on any atom is -0.451 e. The van der Waals surface area contributed by atoms with E-state index in [2.05, 4.69) is 10.4 Å². The maximum atomic E-state index is 12.3. The minimum atomic E-state index is -0.496. The molecule has 3 aromatic rings. The number of nitrogens with one attached hydrogen (secondary N) is 1. The summed E-state index contributed by atoms with van der Waals surface area (Å²) in [5.74, 6) is -0.548. The molecule has 1 aliphatic carbocycles. The number of para-hydroxylation sites is 1. The summed E-state index contributed by atoms with van der Waals surface area (Å²) in [7, 11) is 0. The monoisotopic (exact) mass is 365 g/mol. The molecular formula is C20H19N3O4. The van der Waals surface area contributed by atoms with Gasteiger partial charge in [-0.1, -0.05) is 12.1 Å². The van der Waals surface area contributed by atoms with E-state index < -0.39 is 5.91 Å². The number of carbonyl (C=O) groups excluding carboxylic acids is 1. The second-order valence-electron chi connectivity index (χ2n) is 6.61. The zero-order chi connectivity index (χ0) is 18.8. The van der Waals surface area contributed by atoms with Crippen molar-refractivity contribution in [3.63, 3.8) is 0 Å². The maximum absolute atomic E-state index is 12.3. The first kappa shape index (κ1) is 17.2. The van der Waals surface area contributed by atoms with Crippen molar-refractivity contribution in [2.45, 2.75) is 32.2 Å². The van der Waals surface area contributed by atoms with Crippen LogP contribution in [0.4, 0.5) is 0 Å². The number of aromatic nitrogens is 2. The summed E-state index contributed by atoms with van der Waals surface area (Å²) in [5.41, 5.74) is 1.93. The van der Waals surface area contributed by atoms with Gasteiger partial charge in [0.25, 0.3) is 11.5 Å². The van der Waals surface area contributed by atoms with Crippen LogP contribution in [0.15, 0.2) is 50.4 Å². The summed E-state index contributed by atoms with van der Waals surface area (Å²) >= 11 is 0. The van der Waals surface area contributed by atoms with E-state index in [0.717, 1.165) is 36.9 Å². The lowest BCUT2D eigenvalue weighted by Gasteiger charge is -2.15. The number of hydrogen-bond acceptors (Lipinski definition) is 5. The number of amides is 1. The van der Waals surface area contributed by atoms with Gasteiger partial charge in [0.05, 0.1) is 17.6 Å². The first-order valence-corrected chi connectivity index (χ1v) is 9.03. The van der Waals surface area contributed by atoms with Crippen LogP contribution in [-0.4, -0.2) is 22.2 Å². The minimum absolute atomic E-state index is 0.0514. The number of benzene rings is 1. The van der Waals surface area contributed by atoms with Crippen LogP contribution in [0.25, 0.3) is 11.0 Å². The smallest absolute Gasteiger partial charge is 0.287 e. The van der Waals surface area contributed by atoms with Gasteiger partial charge in [0.2, 0.25) is 0 Å². The Morgan fingerprint density at radius 2 is 1.96 bits per heavy atom. The van der Waals surface area contributed by atoms with Gasteiger partial charge in [0, 0.05) is 18.7 Å². The van der Waals surface area contributed by atoms with Crippen molar-refractivity contribution in [3.05, 3.63) is 74.0 Å². The molecule has 1 amide bonds. The molecule has 0 radical (unpaired) electrons. The number of hydrogen-bond donors (Lipinski definition) is 1. The van der Waals surface area contributed by atoms with Crippen LogP contribution in [0.1, 0.15) is 34.7 Å². The van der Waals surface area contributed by atoms with E-state index in [1.807, 2.05) is 0 Å². The molecule has 1 aromatic carbocycles. The van der Waals surface area contributed by atoms with Crippen LogP contribution < -0.4 is 16.3 Å². The van der Waals surface area contributed by atoms with Gasteiger partial charge in [0.1, 0.15) is 5.58 Å². The van der Waals surface area contributed by atoms with Crippen LogP contribution in [0.3, 0.4) is 0 Å². The van der Waals surface area contributed by atoms with Crippen LogP contribution in [0, 0.1) is 0 Å². The molecule has 0 unspecified atom stereocenters. The summed E-state index contributed by atoms with van der Waals surface area (Å²) in [6.07, 6.45) is 3.95. The largest absolute Gasteiger partial charge is 0.451 e. The second kappa shape index (κ2) is 7.19. The lowest BCUT2D eigenvalue weighted by Crippen LogP contribution is -2.33. The lowest BCUT2D eigenvalue weighted by atomic mass is 9.97. The van der Waals surface area contributed by atoms with Crippen LogP contribution in [0.2, 0.25) is 0 Å². The van der Waals surface area contributed by atoms with E-state index in [1.165, 1.54) is 10.7 Å². The van der Waals surface area contributed by atoms with Crippen LogP contribution in [-0.2, 0) is 19.4 Å². The fourth-order valence-electron chi connectivity index (χ4n) is 3.34. The molecule has 7 nitrogen and oxygen atoms in total. The van der Waals surface area contributed by atoms with E-state index in [0.29, 0.717) is 11.0 Å². The van der Waals surface area contributed by atoms with E-state index in [9.17, 15) is 14.4 Å². The highest BCUT2D eigenvalue weighted by Gasteiger charge is 2.14. The zero-order valence-electron chi connectivity index (χ0n) is 14.7. The number of carbonyl (C=O) groups is 1. The highest BCUT2D eigenvalue weighted by atomic mass is 16.3. The van der Waals surface area contributed by atoms with Gasteiger partial charge in [-0.25, -0.2) is 4.68 Å². The molecule has 0 saturated heterocycles. The second-order valence-corrected chi connectivity index (χ2v) is 6.61. The summed E-state index contributed by atoms with van der Waals surface area (Å²) in [6, 6.07) is 9.59. The van der Waals surface area contributed by atoms with E-state index in [1.54, 1.807) is 30.3 Å². The first-order chi connectivity index (χ1) is 13.1. The third-order valence-corrected chi connectivity index (χ3v) is 4.74. The van der Waals surface area contributed by atoms with Gasteiger partial charge in [0.15, 0.2) is 11.2 Å². The molecule has 0 spiro atoms. The van der Waals surface area contributed by atoms with E-state index in [-0.39, 0.29) is 29.8 Å².